The van der Waals surface area contributed by atoms with Crippen LogP contribution in [0.2, 0.25) is 5.02 Å². The van der Waals surface area contributed by atoms with Crippen LogP contribution in [0, 0.1) is 0 Å². The van der Waals surface area contributed by atoms with Crippen LogP contribution in [0.15, 0.2) is 36.7 Å². The lowest BCUT2D eigenvalue weighted by atomic mass is 10.1. The Morgan fingerprint density at radius 1 is 1.06 bits per heavy atom. The Balaban J connectivity index is 2.31. The molecule has 0 aliphatic carbocycles. The van der Waals surface area contributed by atoms with Crippen LogP contribution in [-0.2, 0) is 0 Å². The zero-order valence-corrected chi connectivity index (χ0v) is 9.65. The van der Waals surface area contributed by atoms with Crippen molar-refractivity contribution in [1.82, 2.24) is 9.97 Å². The second-order valence-electron chi connectivity index (χ2n) is 3.63. The average molecular weight is 234 g/mol. The Hall–Kier alpha value is -1.45. The molecule has 2 rings (SSSR count). The monoisotopic (exact) mass is 233 g/mol. The Morgan fingerprint density at radius 3 is 2.12 bits per heavy atom. The fourth-order valence-corrected chi connectivity index (χ4v) is 1.49. The van der Waals surface area contributed by atoms with E-state index >= 15 is 0 Å². The van der Waals surface area contributed by atoms with E-state index < -0.39 is 0 Å². The summed E-state index contributed by atoms with van der Waals surface area (Å²) in [4.78, 5) is 8.42. The van der Waals surface area contributed by atoms with Gasteiger partial charge in [0, 0.05) is 23.0 Å². The maximum Gasteiger partial charge on any atom is 0.144 e. The van der Waals surface area contributed by atoms with E-state index in [2.05, 4.69) is 9.97 Å². The van der Waals surface area contributed by atoms with E-state index in [1.54, 1.807) is 12.4 Å². The van der Waals surface area contributed by atoms with Crippen LogP contribution >= 0.6 is 11.6 Å². The minimum Gasteiger partial charge on any atom is -0.322 e. The van der Waals surface area contributed by atoms with E-state index in [9.17, 15) is 0 Å². The molecule has 2 N–H and O–H groups in total. The molecular weight excluding hydrogens is 222 g/mol. The standard InChI is InChI=1S/C12H12ClN3/c1-8(14)12-15-6-10(7-16-12)9-2-4-11(13)5-3-9/h2-8H,14H2,1H3. The number of nitrogens with zero attached hydrogens (tertiary/aromatic N) is 2. The topological polar surface area (TPSA) is 51.8 Å². The van der Waals surface area contributed by atoms with Gasteiger partial charge in [0.05, 0.1) is 6.04 Å². The summed E-state index contributed by atoms with van der Waals surface area (Å²) in [6.07, 6.45) is 3.55. The summed E-state index contributed by atoms with van der Waals surface area (Å²) in [7, 11) is 0. The Labute approximate surface area is 99.3 Å². The highest BCUT2D eigenvalue weighted by Crippen LogP contribution is 2.20. The molecule has 16 heavy (non-hydrogen) atoms. The van der Waals surface area contributed by atoms with Gasteiger partial charge in [0.2, 0.25) is 0 Å². The van der Waals surface area contributed by atoms with E-state index in [-0.39, 0.29) is 6.04 Å². The fraction of sp³-hybridized carbons (Fsp3) is 0.167. The van der Waals surface area contributed by atoms with Crippen molar-refractivity contribution in [2.75, 3.05) is 0 Å². The van der Waals surface area contributed by atoms with Crippen molar-refractivity contribution < 1.29 is 0 Å². The minimum atomic E-state index is -0.140. The summed E-state index contributed by atoms with van der Waals surface area (Å²) in [6, 6.07) is 7.42. The van der Waals surface area contributed by atoms with Crippen LogP contribution in [0.5, 0.6) is 0 Å². The Kier molecular flexibility index (Phi) is 3.17. The molecule has 0 saturated heterocycles. The molecule has 0 aliphatic rings. The van der Waals surface area contributed by atoms with Gasteiger partial charge in [-0.2, -0.15) is 0 Å². The maximum absolute atomic E-state index is 5.82. The lowest BCUT2D eigenvalue weighted by Gasteiger charge is -2.05. The van der Waals surface area contributed by atoms with Crippen molar-refractivity contribution in [3.05, 3.63) is 47.5 Å². The van der Waals surface area contributed by atoms with Gasteiger partial charge in [-0.05, 0) is 24.6 Å². The molecule has 1 aromatic carbocycles. The third-order valence-corrected chi connectivity index (χ3v) is 2.51. The lowest BCUT2D eigenvalue weighted by molar-refractivity contribution is 0.739. The smallest absolute Gasteiger partial charge is 0.144 e. The highest BCUT2D eigenvalue weighted by Gasteiger charge is 2.03. The van der Waals surface area contributed by atoms with Gasteiger partial charge < -0.3 is 5.73 Å². The molecule has 2 aromatic rings. The van der Waals surface area contributed by atoms with E-state index in [1.165, 1.54) is 0 Å². The average Bonchev–Trinajstić information content (AvgIpc) is 2.30. The summed E-state index contributed by atoms with van der Waals surface area (Å²) >= 11 is 5.82. The van der Waals surface area contributed by atoms with Gasteiger partial charge in [0.15, 0.2) is 0 Å². The molecule has 4 heteroatoms. The van der Waals surface area contributed by atoms with Crippen LogP contribution in [0.1, 0.15) is 18.8 Å². The van der Waals surface area contributed by atoms with Crippen molar-refractivity contribution in [1.29, 1.82) is 0 Å². The van der Waals surface area contributed by atoms with E-state index in [0.29, 0.717) is 5.82 Å². The second-order valence-corrected chi connectivity index (χ2v) is 4.06. The Morgan fingerprint density at radius 2 is 1.62 bits per heavy atom. The zero-order chi connectivity index (χ0) is 11.5. The van der Waals surface area contributed by atoms with Gasteiger partial charge in [0.25, 0.3) is 0 Å². The number of hydrogen-bond donors (Lipinski definition) is 1. The lowest BCUT2D eigenvalue weighted by Crippen LogP contribution is -2.09. The summed E-state index contributed by atoms with van der Waals surface area (Å²) < 4.78 is 0. The second kappa shape index (κ2) is 4.60. The zero-order valence-electron chi connectivity index (χ0n) is 8.89. The minimum absolute atomic E-state index is 0.140. The van der Waals surface area contributed by atoms with Crippen molar-refractivity contribution in [2.45, 2.75) is 13.0 Å². The number of aromatic nitrogens is 2. The predicted molar refractivity (Wildman–Crippen MR) is 65.1 cm³/mol. The molecule has 1 unspecified atom stereocenters. The van der Waals surface area contributed by atoms with Crippen molar-refractivity contribution >= 4 is 11.6 Å². The molecule has 3 nitrogen and oxygen atoms in total. The van der Waals surface area contributed by atoms with E-state index in [0.717, 1.165) is 16.1 Å². The van der Waals surface area contributed by atoms with Gasteiger partial charge in [-0.1, -0.05) is 23.7 Å². The van der Waals surface area contributed by atoms with E-state index in [4.69, 9.17) is 17.3 Å². The third-order valence-electron chi connectivity index (χ3n) is 2.26. The predicted octanol–water partition coefficient (Wildman–Crippen LogP) is 2.82. The number of rotatable bonds is 2. The number of benzene rings is 1. The summed E-state index contributed by atoms with van der Waals surface area (Å²) in [5.74, 6) is 0.651. The van der Waals surface area contributed by atoms with Crippen LogP contribution in [0.3, 0.4) is 0 Å². The first-order valence-electron chi connectivity index (χ1n) is 5.00. The van der Waals surface area contributed by atoms with Gasteiger partial charge in [0.1, 0.15) is 5.82 Å². The Bertz CT molecular complexity index is 463. The maximum atomic E-state index is 5.82. The number of hydrogen-bond acceptors (Lipinski definition) is 3. The molecule has 0 radical (unpaired) electrons. The number of nitrogens with two attached hydrogens (primary N) is 1. The molecule has 82 valence electrons. The highest BCUT2D eigenvalue weighted by molar-refractivity contribution is 6.30. The van der Waals surface area contributed by atoms with Gasteiger partial charge in [-0.25, -0.2) is 9.97 Å². The molecule has 0 bridgehead atoms. The van der Waals surface area contributed by atoms with Crippen molar-refractivity contribution in [3.8, 4) is 11.1 Å². The molecule has 0 saturated carbocycles. The first-order chi connectivity index (χ1) is 7.66. The largest absolute Gasteiger partial charge is 0.322 e. The third kappa shape index (κ3) is 2.38. The first kappa shape index (κ1) is 11.0. The summed E-state index contributed by atoms with van der Waals surface area (Å²) in [6.45, 7) is 1.86. The normalized spacial score (nSPS) is 12.4. The van der Waals surface area contributed by atoms with E-state index in [1.807, 2.05) is 31.2 Å². The molecular formula is C12H12ClN3. The van der Waals surface area contributed by atoms with Gasteiger partial charge >= 0.3 is 0 Å². The SMILES string of the molecule is CC(N)c1ncc(-c2ccc(Cl)cc2)cn1. The van der Waals surface area contributed by atoms with Crippen molar-refractivity contribution in [2.24, 2.45) is 5.73 Å². The number of halogens is 1. The highest BCUT2D eigenvalue weighted by atomic mass is 35.5. The van der Waals surface area contributed by atoms with Gasteiger partial charge in [-0.15, -0.1) is 0 Å². The van der Waals surface area contributed by atoms with Crippen molar-refractivity contribution in [3.63, 3.8) is 0 Å². The molecule has 1 atom stereocenters. The van der Waals surface area contributed by atoms with Crippen LogP contribution in [-0.4, -0.2) is 9.97 Å². The molecule has 1 aromatic heterocycles. The van der Waals surface area contributed by atoms with Crippen LogP contribution < -0.4 is 5.73 Å². The molecule has 0 aliphatic heterocycles. The van der Waals surface area contributed by atoms with Gasteiger partial charge in [-0.3, -0.25) is 0 Å². The fourth-order valence-electron chi connectivity index (χ4n) is 1.36. The summed E-state index contributed by atoms with van der Waals surface area (Å²) in [5, 5.41) is 0.719. The molecule has 0 spiro atoms. The molecule has 1 heterocycles. The first-order valence-corrected chi connectivity index (χ1v) is 5.38. The molecule has 0 fully saturated rings. The quantitative estimate of drug-likeness (QED) is 0.868. The summed E-state index contributed by atoms with van der Waals surface area (Å²) in [5.41, 5.74) is 7.68. The van der Waals surface area contributed by atoms with Crippen LogP contribution in [0.25, 0.3) is 11.1 Å². The van der Waals surface area contributed by atoms with Crippen LogP contribution in [0.4, 0.5) is 0 Å². The molecule has 0 amide bonds.